The summed E-state index contributed by atoms with van der Waals surface area (Å²) in [4.78, 5) is 22.1. The van der Waals surface area contributed by atoms with Gasteiger partial charge in [-0.2, -0.15) is 9.29 Å². The topological polar surface area (TPSA) is 108 Å². The molecule has 0 unspecified atom stereocenters. The van der Waals surface area contributed by atoms with Gasteiger partial charge in [0.2, 0.25) is 15.9 Å². The predicted octanol–water partition coefficient (Wildman–Crippen LogP) is 2.91. The molecule has 3 aromatic rings. The maximum Gasteiger partial charge on any atom is 0.348 e. The van der Waals surface area contributed by atoms with Crippen LogP contribution in [0.5, 0.6) is 11.6 Å². The molecule has 0 saturated carbocycles. The summed E-state index contributed by atoms with van der Waals surface area (Å²) in [7, 11) is -2.26. The summed E-state index contributed by atoms with van der Waals surface area (Å²) in [6, 6.07) is 6.18. The third-order valence-electron chi connectivity index (χ3n) is 4.89. The number of carbonyl (C=O) groups is 1. The van der Waals surface area contributed by atoms with Gasteiger partial charge in [-0.3, -0.25) is 0 Å². The summed E-state index contributed by atoms with van der Waals surface area (Å²) >= 11 is 1.22. The molecule has 0 amide bonds. The smallest absolute Gasteiger partial charge is 0.348 e. The van der Waals surface area contributed by atoms with Crippen molar-refractivity contribution in [3.8, 4) is 11.6 Å². The molecule has 1 aliphatic heterocycles. The maximum atomic E-state index is 12.8. The predicted molar refractivity (Wildman–Crippen MR) is 114 cm³/mol. The fourth-order valence-electron chi connectivity index (χ4n) is 3.29. The van der Waals surface area contributed by atoms with Gasteiger partial charge in [-0.1, -0.05) is 0 Å². The average molecular weight is 464 g/mol. The number of benzene rings is 1. The second kappa shape index (κ2) is 8.50. The molecular formula is C20H21N3O6S2. The SMILES string of the molecule is COC(=O)c1sc2nc(C)nc(Oc3ccc(S(=O)(=O)N4CCOCC4)cc3)c2c1C. The van der Waals surface area contributed by atoms with Crippen molar-refractivity contribution in [1.29, 1.82) is 0 Å². The number of esters is 1. The van der Waals surface area contributed by atoms with E-state index in [1.807, 2.05) is 0 Å². The van der Waals surface area contributed by atoms with Crippen molar-refractivity contribution in [2.45, 2.75) is 18.7 Å². The number of fused-ring (bicyclic) bond motifs is 1. The standard InChI is InChI=1S/C20H21N3O6S2/c1-12-16-18(21-13(2)22-19(16)30-17(12)20(24)27-3)29-14-4-6-15(7-5-14)31(25,26)23-8-10-28-11-9-23/h4-7H,8-11H2,1-3H3. The first kappa shape index (κ1) is 21.6. The Morgan fingerprint density at radius 2 is 1.81 bits per heavy atom. The van der Waals surface area contributed by atoms with Crippen LogP contribution >= 0.6 is 11.3 Å². The van der Waals surface area contributed by atoms with Crippen LogP contribution in [0.3, 0.4) is 0 Å². The van der Waals surface area contributed by atoms with Crippen LogP contribution in [0.4, 0.5) is 0 Å². The fraction of sp³-hybridized carbons (Fsp3) is 0.350. The molecule has 3 heterocycles. The lowest BCUT2D eigenvalue weighted by Crippen LogP contribution is -2.40. The molecule has 0 atom stereocenters. The fourth-order valence-corrected chi connectivity index (χ4v) is 5.84. The van der Waals surface area contributed by atoms with Crippen molar-refractivity contribution in [1.82, 2.24) is 14.3 Å². The first-order valence-electron chi connectivity index (χ1n) is 9.53. The molecule has 164 valence electrons. The van der Waals surface area contributed by atoms with Crippen LogP contribution in [0.1, 0.15) is 21.1 Å². The van der Waals surface area contributed by atoms with Gasteiger partial charge in [0, 0.05) is 13.1 Å². The molecule has 1 fully saturated rings. The minimum atomic E-state index is -3.59. The molecular weight excluding hydrogens is 442 g/mol. The van der Waals surface area contributed by atoms with Crippen molar-refractivity contribution >= 4 is 37.5 Å². The van der Waals surface area contributed by atoms with Crippen molar-refractivity contribution in [2.24, 2.45) is 0 Å². The number of sulfonamides is 1. The van der Waals surface area contributed by atoms with E-state index in [1.165, 1.54) is 34.9 Å². The number of rotatable bonds is 5. The Hall–Kier alpha value is -2.60. The van der Waals surface area contributed by atoms with Gasteiger partial charge in [0.1, 0.15) is 21.3 Å². The van der Waals surface area contributed by atoms with Crippen LogP contribution in [0, 0.1) is 13.8 Å². The molecule has 31 heavy (non-hydrogen) atoms. The number of carbonyl (C=O) groups excluding carboxylic acids is 1. The molecule has 2 aromatic heterocycles. The zero-order chi connectivity index (χ0) is 22.2. The van der Waals surface area contributed by atoms with Crippen LogP contribution in [-0.4, -0.2) is 62.1 Å². The van der Waals surface area contributed by atoms with E-state index in [4.69, 9.17) is 14.2 Å². The van der Waals surface area contributed by atoms with Gasteiger partial charge in [0.15, 0.2) is 0 Å². The maximum absolute atomic E-state index is 12.8. The summed E-state index contributed by atoms with van der Waals surface area (Å²) in [5.74, 6) is 0.772. The van der Waals surface area contributed by atoms with E-state index in [-0.39, 0.29) is 4.90 Å². The van der Waals surface area contributed by atoms with Gasteiger partial charge >= 0.3 is 5.97 Å². The van der Waals surface area contributed by atoms with E-state index in [0.29, 0.717) is 64.4 Å². The highest BCUT2D eigenvalue weighted by Gasteiger charge is 2.26. The Morgan fingerprint density at radius 1 is 1.13 bits per heavy atom. The third kappa shape index (κ3) is 4.13. The Bertz CT molecular complexity index is 1230. The molecule has 0 aliphatic carbocycles. The van der Waals surface area contributed by atoms with E-state index in [2.05, 4.69) is 9.97 Å². The van der Waals surface area contributed by atoms with Crippen molar-refractivity contribution in [3.63, 3.8) is 0 Å². The van der Waals surface area contributed by atoms with Crippen LogP contribution < -0.4 is 4.74 Å². The number of nitrogens with zero attached hydrogens (tertiary/aromatic N) is 3. The second-order valence-corrected chi connectivity index (χ2v) is 9.83. The quantitative estimate of drug-likeness (QED) is 0.532. The van der Waals surface area contributed by atoms with Crippen LogP contribution in [0.25, 0.3) is 10.2 Å². The Labute approximate surface area is 183 Å². The van der Waals surface area contributed by atoms with Crippen LogP contribution in [-0.2, 0) is 19.5 Å². The van der Waals surface area contributed by atoms with E-state index in [1.54, 1.807) is 26.0 Å². The van der Waals surface area contributed by atoms with Gasteiger partial charge in [-0.25, -0.2) is 18.2 Å². The van der Waals surface area contributed by atoms with E-state index in [9.17, 15) is 13.2 Å². The number of ether oxygens (including phenoxy) is 3. The Morgan fingerprint density at radius 3 is 2.45 bits per heavy atom. The van der Waals surface area contributed by atoms with Gasteiger partial charge in [0.25, 0.3) is 0 Å². The molecule has 9 nitrogen and oxygen atoms in total. The molecule has 1 aromatic carbocycles. The molecule has 1 saturated heterocycles. The van der Waals surface area contributed by atoms with Gasteiger partial charge in [-0.15, -0.1) is 11.3 Å². The lowest BCUT2D eigenvalue weighted by atomic mass is 10.2. The molecule has 0 N–H and O–H groups in total. The normalized spacial score (nSPS) is 15.2. The van der Waals surface area contributed by atoms with E-state index >= 15 is 0 Å². The number of thiophene rings is 1. The zero-order valence-corrected chi connectivity index (χ0v) is 18.9. The lowest BCUT2D eigenvalue weighted by Gasteiger charge is -2.26. The number of hydrogen-bond donors (Lipinski definition) is 0. The summed E-state index contributed by atoms with van der Waals surface area (Å²) < 4.78 is 43.0. The summed E-state index contributed by atoms with van der Waals surface area (Å²) in [6.07, 6.45) is 0. The first-order chi connectivity index (χ1) is 14.8. The van der Waals surface area contributed by atoms with Crippen molar-refractivity contribution in [2.75, 3.05) is 33.4 Å². The van der Waals surface area contributed by atoms with Crippen molar-refractivity contribution < 1.29 is 27.4 Å². The molecule has 11 heteroatoms. The lowest BCUT2D eigenvalue weighted by molar-refractivity contribution is 0.0605. The highest BCUT2D eigenvalue weighted by molar-refractivity contribution is 7.89. The first-order valence-corrected chi connectivity index (χ1v) is 11.8. The van der Waals surface area contributed by atoms with Crippen LogP contribution in [0.2, 0.25) is 0 Å². The number of aryl methyl sites for hydroxylation is 2. The zero-order valence-electron chi connectivity index (χ0n) is 17.2. The van der Waals surface area contributed by atoms with Crippen LogP contribution in [0.15, 0.2) is 29.2 Å². The monoisotopic (exact) mass is 463 g/mol. The number of methoxy groups -OCH3 is 1. The van der Waals surface area contributed by atoms with Gasteiger partial charge in [-0.05, 0) is 43.7 Å². The largest absolute Gasteiger partial charge is 0.465 e. The molecule has 1 aliphatic rings. The molecule has 4 rings (SSSR count). The summed E-state index contributed by atoms with van der Waals surface area (Å²) in [6.45, 7) is 4.96. The molecule has 0 bridgehead atoms. The minimum absolute atomic E-state index is 0.186. The second-order valence-electron chi connectivity index (χ2n) is 6.89. The molecule has 0 spiro atoms. The third-order valence-corrected chi connectivity index (χ3v) is 7.96. The Kier molecular flexibility index (Phi) is 5.93. The van der Waals surface area contributed by atoms with Gasteiger partial charge < -0.3 is 14.2 Å². The summed E-state index contributed by atoms with van der Waals surface area (Å²) in [5, 5.41) is 0.626. The minimum Gasteiger partial charge on any atom is -0.465 e. The Balaban J connectivity index is 1.65. The number of aromatic nitrogens is 2. The highest BCUT2D eigenvalue weighted by Crippen LogP contribution is 2.37. The summed E-state index contributed by atoms with van der Waals surface area (Å²) in [5.41, 5.74) is 0.674. The number of hydrogen-bond acceptors (Lipinski definition) is 9. The van der Waals surface area contributed by atoms with E-state index < -0.39 is 16.0 Å². The molecule has 0 radical (unpaired) electrons. The number of morpholine rings is 1. The van der Waals surface area contributed by atoms with Gasteiger partial charge in [0.05, 0.1) is 30.6 Å². The highest BCUT2D eigenvalue weighted by atomic mass is 32.2. The van der Waals surface area contributed by atoms with E-state index in [0.717, 1.165) is 0 Å². The van der Waals surface area contributed by atoms with Crippen molar-refractivity contribution in [3.05, 3.63) is 40.5 Å². The average Bonchev–Trinajstić information content (AvgIpc) is 3.10.